The number of methoxy groups -OCH3 is 1. The van der Waals surface area contributed by atoms with Gasteiger partial charge in [0.2, 0.25) is 11.8 Å². The Balaban J connectivity index is 1.73. The van der Waals surface area contributed by atoms with Crippen LogP contribution in [0.2, 0.25) is 0 Å². The summed E-state index contributed by atoms with van der Waals surface area (Å²) in [6, 6.07) is 7.60. The van der Waals surface area contributed by atoms with Gasteiger partial charge in [-0.2, -0.15) is 11.8 Å². The second-order valence-electron chi connectivity index (χ2n) is 7.02. The molecule has 0 atom stereocenters. The van der Waals surface area contributed by atoms with E-state index in [2.05, 4.69) is 13.8 Å². The van der Waals surface area contributed by atoms with Crippen molar-refractivity contribution >= 4 is 23.6 Å². The fourth-order valence-corrected chi connectivity index (χ4v) is 3.98. The molecule has 0 bridgehead atoms. The molecule has 1 aliphatic rings. The minimum atomic E-state index is 0.108. The van der Waals surface area contributed by atoms with E-state index in [1.807, 2.05) is 34.1 Å². The molecular formula is C20H30N2O3S. The van der Waals surface area contributed by atoms with Crippen LogP contribution >= 0.6 is 11.8 Å². The number of thioether (sulfide) groups is 1. The minimum Gasteiger partial charge on any atom is -0.497 e. The first-order valence-corrected chi connectivity index (χ1v) is 10.4. The number of rotatable bonds is 8. The zero-order valence-corrected chi connectivity index (χ0v) is 16.9. The molecule has 1 aromatic rings. The monoisotopic (exact) mass is 378 g/mol. The summed E-state index contributed by atoms with van der Waals surface area (Å²) in [6.45, 7) is 6.89. The quantitative estimate of drug-likeness (QED) is 0.653. The molecule has 0 aromatic heterocycles. The van der Waals surface area contributed by atoms with Crippen molar-refractivity contribution in [3.63, 3.8) is 0 Å². The van der Waals surface area contributed by atoms with E-state index in [1.54, 1.807) is 18.9 Å². The standard InChI is InChI=1S/C20H30N2O3S/c1-16(2)7-12-26-15-20(24)22-10-8-21(9-11-22)19(23)14-17-5-4-6-18(13-17)25-3/h4-6,13,16H,7-12,14-15H2,1-3H3. The Kier molecular flexibility index (Phi) is 8.29. The average molecular weight is 379 g/mol. The van der Waals surface area contributed by atoms with Crippen LogP contribution in [-0.2, 0) is 16.0 Å². The van der Waals surface area contributed by atoms with Gasteiger partial charge in [0.15, 0.2) is 0 Å². The largest absolute Gasteiger partial charge is 0.497 e. The molecule has 144 valence electrons. The first-order valence-electron chi connectivity index (χ1n) is 9.26. The summed E-state index contributed by atoms with van der Waals surface area (Å²) in [6.07, 6.45) is 1.51. The van der Waals surface area contributed by atoms with Gasteiger partial charge in [0, 0.05) is 26.2 Å². The number of nitrogens with zero attached hydrogens (tertiary/aromatic N) is 2. The molecule has 6 heteroatoms. The molecule has 1 aromatic carbocycles. The van der Waals surface area contributed by atoms with Crippen LogP contribution in [0.1, 0.15) is 25.8 Å². The van der Waals surface area contributed by atoms with Gasteiger partial charge in [-0.1, -0.05) is 26.0 Å². The maximum Gasteiger partial charge on any atom is 0.232 e. The highest BCUT2D eigenvalue weighted by molar-refractivity contribution is 7.99. The van der Waals surface area contributed by atoms with Gasteiger partial charge in [-0.15, -0.1) is 0 Å². The smallest absolute Gasteiger partial charge is 0.232 e. The van der Waals surface area contributed by atoms with Crippen LogP contribution < -0.4 is 4.74 Å². The molecule has 0 saturated carbocycles. The summed E-state index contributed by atoms with van der Waals surface area (Å²) in [7, 11) is 1.62. The van der Waals surface area contributed by atoms with E-state index in [9.17, 15) is 9.59 Å². The van der Waals surface area contributed by atoms with E-state index in [-0.39, 0.29) is 11.8 Å². The molecule has 5 nitrogen and oxygen atoms in total. The molecule has 0 radical (unpaired) electrons. The average Bonchev–Trinajstić information content (AvgIpc) is 2.65. The van der Waals surface area contributed by atoms with Crippen molar-refractivity contribution in [1.82, 2.24) is 9.80 Å². The SMILES string of the molecule is COc1cccc(CC(=O)N2CCN(C(=O)CSCCC(C)C)CC2)c1. The Labute approximate surface area is 161 Å². The first-order chi connectivity index (χ1) is 12.5. The van der Waals surface area contributed by atoms with E-state index >= 15 is 0 Å². The summed E-state index contributed by atoms with van der Waals surface area (Å²) >= 11 is 1.71. The van der Waals surface area contributed by atoms with E-state index in [0.717, 1.165) is 23.5 Å². The first kappa shape index (κ1) is 20.6. The zero-order chi connectivity index (χ0) is 18.9. The molecule has 0 spiro atoms. The van der Waals surface area contributed by atoms with E-state index in [4.69, 9.17) is 4.74 Å². The normalized spacial score (nSPS) is 14.6. The summed E-state index contributed by atoms with van der Waals surface area (Å²) < 4.78 is 5.20. The maximum absolute atomic E-state index is 12.5. The second-order valence-corrected chi connectivity index (χ2v) is 8.13. The molecule has 0 N–H and O–H groups in total. The predicted octanol–water partition coefficient (Wildman–Crippen LogP) is 2.69. The fourth-order valence-electron chi connectivity index (χ4n) is 2.84. The Morgan fingerprint density at radius 3 is 2.38 bits per heavy atom. The van der Waals surface area contributed by atoms with Crippen LogP contribution in [0.25, 0.3) is 0 Å². The van der Waals surface area contributed by atoms with Gasteiger partial charge in [-0.25, -0.2) is 0 Å². The molecule has 26 heavy (non-hydrogen) atoms. The van der Waals surface area contributed by atoms with Gasteiger partial charge < -0.3 is 14.5 Å². The molecule has 0 aliphatic carbocycles. The Morgan fingerprint density at radius 1 is 1.12 bits per heavy atom. The molecule has 2 rings (SSSR count). The highest BCUT2D eigenvalue weighted by Crippen LogP contribution is 2.15. The Bertz CT molecular complexity index is 598. The van der Waals surface area contributed by atoms with Gasteiger partial charge in [-0.3, -0.25) is 9.59 Å². The van der Waals surface area contributed by atoms with Crippen LogP contribution in [0.4, 0.5) is 0 Å². The molecular weight excluding hydrogens is 348 g/mol. The van der Waals surface area contributed by atoms with Crippen molar-refractivity contribution in [3.8, 4) is 5.75 Å². The lowest BCUT2D eigenvalue weighted by molar-refractivity contribution is -0.137. The van der Waals surface area contributed by atoms with Crippen LogP contribution in [0.3, 0.4) is 0 Å². The van der Waals surface area contributed by atoms with Crippen LogP contribution in [0.5, 0.6) is 5.75 Å². The van der Waals surface area contributed by atoms with Crippen molar-refractivity contribution in [2.75, 3.05) is 44.8 Å². The van der Waals surface area contributed by atoms with E-state index in [1.165, 1.54) is 0 Å². The fraction of sp³-hybridized carbons (Fsp3) is 0.600. The number of carbonyl (C=O) groups excluding carboxylic acids is 2. The molecule has 1 heterocycles. The number of amides is 2. The van der Waals surface area contributed by atoms with Crippen molar-refractivity contribution in [1.29, 1.82) is 0 Å². The Hall–Kier alpha value is -1.69. The van der Waals surface area contributed by atoms with Crippen molar-refractivity contribution in [2.45, 2.75) is 26.7 Å². The summed E-state index contributed by atoms with van der Waals surface area (Å²) in [5.41, 5.74) is 0.953. The van der Waals surface area contributed by atoms with Crippen molar-refractivity contribution in [2.24, 2.45) is 5.92 Å². The van der Waals surface area contributed by atoms with Gasteiger partial charge in [-0.05, 0) is 35.8 Å². The van der Waals surface area contributed by atoms with Crippen LogP contribution in [-0.4, -0.2) is 66.4 Å². The lowest BCUT2D eigenvalue weighted by Gasteiger charge is -2.35. The summed E-state index contributed by atoms with van der Waals surface area (Å²) in [4.78, 5) is 28.5. The number of benzene rings is 1. The number of hydrogen-bond acceptors (Lipinski definition) is 4. The molecule has 1 aliphatic heterocycles. The second kappa shape index (κ2) is 10.5. The third-order valence-electron chi connectivity index (χ3n) is 4.54. The number of carbonyl (C=O) groups is 2. The van der Waals surface area contributed by atoms with Gasteiger partial charge >= 0.3 is 0 Å². The molecule has 2 amide bonds. The topological polar surface area (TPSA) is 49.9 Å². The lowest BCUT2D eigenvalue weighted by atomic mass is 10.1. The van der Waals surface area contributed by atoms with Gasteiger partial charge in [0.25, 0.3) is 0 Å². The Morgan fingerprint density at radius 2 is 1.77 bits per heavy atom. The summed E-state index contributed by atoms with van der Waals surface area (Å²) in [5, 5.41) is 0. The minimum absolute atomic E-state index is 0.108. The molecule has 1 saturated heterocycles. The number of hydrogen-bond donors (Lipinski definition) is 0. The third kappa shape index (κ3) is 6.56. The van der Waals surface area contributed by atoms with Crippen molar-refractivity contribution in [3.05, 3.63) is 29.8 Å². The van der Waals surface area contributed by atoms with Gasteiger partial charge in [0.1, 0.15) is 5.75 Å². The third-order valence-corrected chi connectivity index (χ3v) is 5.52. The van der Waals surface area contributed by atoms with E-state index < -0.39 is 0 Å². The highest BCUT2D eigenvalue weighted by Gasteiger charge is 2.24. The summed E-state index contributed by atoms with van der Waals surface area (Å²) in [5.74, 6) is 3.32. The van der Waals surface area contributed by atoms with Gasteiger partial charge in [0.05, 0.1) is 19.3 Å². The molecule has 1 fully saturated rings. The molecule has 0 unspecified atom stereocenters. The lowest BCUT2D eigenvalue weighted by Crippen LogP contribution is -2.51. The maximum atomic E-state index is 12.5. The highest BCUT2D eigenvalue weighted by atomic mass is 32.2. The number of piperazine rings is 1. The predicted molar refractivity (Wildman–Crippen MR) is 107 cm³/mol. The van der Waals surface area contributed by atoms with Crippen LogP contribution in [0, 0.1) is 5.92 Å². The van der Waals surface area contributed by atoms with E-state index in [0.29, 0.717) is 44.3 Å². The number of ether oxygens (including phenoxy) is 1. The van der Waals surface area contributed by atoms with Crippen LogP contribution in [0.15, 0.2) is 24.3 Å². The van der Waals surface area contributed by atoms with Crippen molar-refractivity contribution < 1.29 is 14.3 Å². The zero-order valence-electron chi connectivity index (χ0n) is 16.1.